The molecule has 0 saturated carbocycles. The number of fused-ring (bicyclic) bond motifs is 1. The van der Waals surface area contributed by atoms with Crippen LogP contribution in [-0.4, -0.2) is 18.2 Å². The Morgan fingerprint density at radius 2 is 1.71 bits per heavy atom. The maximum atomic E-state index is 12.9. The van der Waals surface area contributed by atoms with Gasteiger partial charge < -0.3 is 9.05 Å². The molecule has 0 atom stereocenters. The number of aromatic nitrogens is 1. The maximum absolute atomic E-state index is 12.9. The van der Waals surface area contributed by atoms with Crippen LogP contribution in [0.5, 0.6) is 0 Å². The Kier molecular flexibility index (Phi) is 5.47. The van der Waals surface area contributed by atoms with E-state index in [0.717, 1.165) is 26.9 Å². The number of hydrogen-bond acceptors (Lipinski definition) is 5. The standard InChI is InChI=1S/C18H20NO3PS/c1-3-21-23(20,22-4-2)12-14-8-5-6-9-15(14)16-10-7-11-17-18(16)19-13-24-17/h5-11,13H,3-4,12H2,1-2H3. The molecule has 0 amide bonds. The molecule has 6 heteroatoms. The first-order valence-corrected chi connectivity index (χ1v) is 10.6. The first kappa shape index (κ1) is 17.3. The molecule has 0 unspecified atom stereocenters. The summed E-state index contributed by atoms with van der Waals surface area (Å²) in [7, 11) is -3.15. The minimum atomic E-state index is -3.15. The first-order chi connectivity index (χ1) is 11.7. The molecular weight excluding hydrogens is 341 g/mol. The second-order valence-electron chi connectivity index (χ2n) is 5.27. The summed E-state index contributed by atoms with van der Waals surface area (Å²) in [6.07, 6.45) is 0.255. The van der Waals surface area contributed by atoms with Crippen LogP contribution in [-0.2, 0) is 19.8 Å². The molecule has 0 aliphatic heterocycles. The first-order valence-electron chi connectivity index (χ1n) is 7.95. The number of hydrogen-bond donors (Lipinski definition) is 0. The molecule has 0 aliphatic carbocycles. The third-order valence-corrected chi connectivity index (χ3v) is 6.51. The monoisotopic (exact) mass is 361 g/mol. The van der Waals surface area contributed by atoms with Gasteiger partial charge >= 0.3 is 7.60 Å². The summed E-state index contributed by atoms with van der Waals surface area (Å²) in [5, 5.41) is 0. The van der Waals surface area contributed by atoms with E-state index >= 15 is 0 Å². The van der Waals surface area contributed by atoms with Gasteiger partial charge in [0.1, 0.15) is 0 Å². The lowest BCUT2D eigenvalue weighted by atomic mass is 10.00. The van der Waals surface area contributed by atoms with Gasteiger partial charge in [-0.25, -0.2) is 4.98 Å². The zero-order chi connectivity index (χ0) is 17.0. The molecule has 24 heavy (non-hydrogen) atoms. The lowest BCUT2D eigenvalue weighted by Crippen LogP contribution is -2.00. The minimum Gasteiger partial charge on any atom is -0.309 e. The number of benzene rings is 2. The van der Waals surface area contributed by atoms with Gasteiger partial charge in [0.15, 0.2) is 0 Å². The van der Waals surface area contributed by atoms with Crippen LogP contribution in [0.1, 0.15) is 19.4 Å². The highest BCUT2D eigenvalue weighted by Crippen LogP contribution is 2.52. The van der Waals surface area contributed by atoms with Crippen molar-refractivity contribution in [3.05, 3.63) is 53.5 Å². The molecular formula is C18H20NO3PS. The van der Waals surface area contributed by atoms with Gasteiger partial charge in [0.05, 0.1) is 35.1 Å². The molecule has 0 spiro atoms. The van der Waals surface area contributed by atoms with Gasteiger partial charge in [0.25, 0.3) is 0 Å². The summed E-state index contributed by atoms with van der Waals surface area (Å²) in [5.41, 5.74) is 5.83. The Balaban J connectivity index is 2.05. The van der Waals surface area contributed by atoms with Crippen molar-refractivity contribution in [2.24, 2.45) is 0 Å². The number of para-hydroxylation sites is 1. The summed E-state index contributed by atoms with van der Waals surface area (Å²) in [5.74, 6) is 0. The second-order valence-corrected chi connectivity index (χ2v) is 8.21. The largest absolute Gasteiger partial charge is 0.335 e. The summed E-state index contributed by atoms with van der Waals surface area (Å²) >= 11 is 1.62. The van der Waals surface area contributed by atoms with Crippen molar-refractivity contribution in [3.8, 4) is 11.1 Å². The number of nitrogens with zero attached hydrogens (tertiary/aromatic N) is 1. The molecule has 0 bridgehead atoms. The minimum absolute atomic E-state index is 0.255. The van der Waals surface area contributed by atoms with Gasteiger partial charge in [0, 0.05) is 5.56 Å². The normalized spacial score (nSPS) is 11.9. The predicted octanol–water partition coefficient (Wildman–Crippen LogP) is 5.73. The average Bonchev–Trinajstić information content (AvgIpc) is 3.04. The Morgan fingerprint density at radius 1 is 1.00 bits per heavy atom. The molecule has 0 N–H and O–H groups in total. The topological polar surface area (TPSA) is 48.4 Å². The van der Waals surface area contributed by atoms with Gasteiger partial charge in [-0.05, 0) is 31.0 Å². The van der Waals surface area contributed by atoms with Crippen molar-refractivity contribution in [1.82, 2.24) is 4.98 Å². The van der Waals surface area contributed by atoms with Crippen molar-refractivity contribution in [2.75, 3.05) is 13.2 Å². The van der Waals surface area contributed by atoms with Gasteiger partial charge in [0.2, 0.25) is 0 Å². The van der Waals surface area contributed by atoms with Crippen molar-refractivity contribution >= 4 is 29.1 Å². The van der Waals surface area contributed by atoms with Crippen LogP contribution in [0.15, 0.2) is 48.0 Å². The van der Waals surface area contributed by atoms with Gasteiger partial charge in [-0.3, -0.25) is 4.57 Å². The third-order valence-electron chi connectivity index (χ3n) is 3.68. The number of rotatable bonds is 7. The fraction of sp³-hybridized carbons (Fsp3) is 0.278. The van der Waals surface area contributed by atoms with E-state index in [4.69, 9.17) is 9.05 Å². The van der Waals surface area contributed by atoms with E-state index in [1.165, 1.54) is 0 Å². The van der Waals surface area contributed by atoms with Crippen LogP contribution >= 0.6 is 18.9 Å². The summed E-state index contributed by atoms with van der Waals surface area (Å²) < 4.78 is 25.0. The van der Waals surface area contributed by atoms with Crippen molar-refractivity contribution in [3.63, 3.8) is 0 Å². The van der Waals surface area contributed by atoms with E-state index in [9.17, 15) is 4.57 Å². The Hall–Kier alpha value is -1.52. The third kappa shape index (κ3) is 3.60. The van der Waals surface area contributed by atoms with E-state index in [-0.39, 0.29) is 6.16 Å². The molecule has 3 aromatic rings. The zero-order valence-corrected chi connectivity index (χ0v) is 15.5. The van der Waals surface area contributed by atoms with Crippen LogP contribution in [0.25, 0.3) is 21.3 Å². The molecule has 1 heterocycles. The smallest absolute Gasteiger partial charge is 0.309 e. The van der Waals surface area contributed by atoms with Crippen molar-refractivity contribution in [1.29, 1.82) is 0 Å². The highest BCUT2D eigenvalue weighted by molar-refractivity contribution is 7.53. The number of thiazole rings is 1. The molecule has 1 aromatic heterocycles. The van der Waals surface area contributed by atoms with E-state index in [2.05, 4.69) is 11.1 Å². The molecule has 0 radical (unpaired) electrons. The molecule has 3 rings (SSSR count). The summed E-state index contributed by atoms with van der Waals surface area (Å²) in [6.45, 7) is 4.38. The quantitative estimate of drug-likeness (QED) is 0.504. The van der Waals surface area contributed by atoms with Crippen LogP contribution in [0.3, 0.4) is 0 Å². The fourth-order valence-electron chi connectivity index (χ4n) is 2.76. The molecule has 0 fully saturated rings. The SMILES string of the molecule is CCOP(=O)(Cc1ccccc1-c1cccc2scnc12)OCC. The van der Waals surface area contributed by atoms with E-state index in [1.807, 2.05) is 55.8 Å². The van der Waals surface area contributed by atoms with Crippen LogP contribution in [0.2, 0.25) is 0 Å². The maximum Gasteiger partial charge on any atom is 0.335 e. The lowest BCUT2D eigenvalue weighted by molar-refractivity contribution is 0.219. The summed E-state index contributed by atoms with van der Waals surface area (Å²) in [6, 6.07) is 14.1. The van der Waals surface area contributed by atoms with E-state index < -0.39 is 7.60 Å². The van der Waals surface area contributed by atoms with Crippen LogP contribution in [0.4, 0.5) is 0 Å². The van der Waals surface area contributed by atoms with E-state index in [1.54, 1.807) is 11.3 Å². The highest BCUT2D eigenvalue weighted by Gasteiger charge is 2.26. The van der Waals surface area contributed by atoms with Crippen molar-refractivity contribution in [2.45, 2.75) is 20.0 Å². The molecule has 126 valence electrons. The highest BCUT2D eigenvalue weighted by atomic mass is 32.1. The van der Waals surface area contributed by atoms with Crippen LogP contribution in [0, 0.1) is 0 Å². The molecule has 4 nitrogen and oxygen atoms in total. The second kappa shape index (κ2) is 7.58. The predicted molar refractivity (Wildman–Crippen MR) is 99.6 cm³/mol. The van der Waals surface area contributed by atoms with Gasteiger partial charge in [-0.15, -0.1) is 11.3 Å². The molecule has 2 aromatic carbocycles. The van der Waals surface area contributed by atoms with Crippen LogP contribution < -0.4 is 0 Å². The Labute approximate surface area is 146 Å². The van der Waals surface area contributed by atoms with E-state index in [0.29, 0.717) is 13.2 Å². The molecule has 0 saturated heterocycles. The Bertz CT molecular complexity index is 867. The average molecular weight is 361 g/mol. The zero-order valence-electron chi connectivity index (χ0n) is 13.8. The fourth-order valence-corrected chi connectivity index (χ4v) is 5.20. The summed E-state index contributed by atoms with van der Waals surface area (Å²) in [4.78, 5) is 4.49. The lowest BCUT2D eigenvalue weighted by Gasteiger charge is -2.19. The molecule has 0 aliphatic rings. The van der Waals surface area contributed by atoms with Gasteiger partial charge in [-0.1, -0.05) is 36.4 Å². The van der Waals surface area contributed by atoms with Gasteiger partial charge in [-0.2, -0.15) is 0 Å². The van der Waals surface area contributed by atoms with Crippen molar-refractivity contribution < 1.29 is 13.6 Å². The Morgan fingerprint density at radius 3 is 2.46 bits per heavy atom.